The lowest BCUT2D eigenvalue weighted by Gasteiger charge is -2.16. The van der Waals surface area contributed by atoms with Crippen LogP contribution in [0, 0.1) is 19.7 Å². The summed E-state index contributed by atoms with van der Waals surface area (Å²) in [6.07, 6.45) is 0. The molecule has 1 aliphatic rings. The lowest BCUT2D eigenvalue weighted by Crippen LogP contribution is -2.31. The molecule has 0 atom stereocenters. The SMILES string of the molecule is Cc1ccc(C2=C(Sc3ccc(Cl)cc3)C(=O)N(Cc3ccccc3F)C2=O)cc1C. The Morgan fingerprint density at radius 1 is 0.903 bits per heavy atom. The highest BCUT2D eigenvalue weighted by Crippen LogP contribution is 2.40. The van der Waals surface area contributed by atoms with Gasteiger partial charge in [0.2, 0.25) is 0 Å². The van der Waals surface area contributed by atoms with E-state index in [1.807, 2.05) is 32.0 Å². The Kier molecular flexibility index (Phi) is 5.99. The summed E-state index contributed by atoms with van der Waals surface area (Å²) in [5, 5.41) is 0.586. The Hall–Kier alpha value is -2.89. The molecule has 1 heterocycles. The van der Waals surface area contributed by atoms with Crippen LogP contribution in [-0.2, 0) is 16.1 Å². The molecule has 3 aromatic carbocycles. The van der Waals surface area contributed by atoms with Gasteiger partial charge in [-0.1, -0.05) is 59.8 Å². The molecule has 4 rings (SSSR count). The fourth-order valence-corrected chi connectivity index (χ4v) is 4.50. The van der Waals surface area contributed by atoms with Crippen LogP contribution in [0.2, 0.25) is 5.02 Å². The number of hydrogen-bond donors (Lipinski definition) is 0. The fourth-order valence-electron chi connectivity index (χ4n) is 3.36. The maximum absolute atomic E-state index is 14.2. The van der Waals surface area contributed by atoms with E-state index in [0.29, 0.717) is 26.6 Å². The fraction of sp³-hybridized carbons (Fsp3) is 0.120. The minimum atomic E-state index is -0.449. The quantitative estimate of drug-likeness (QED) is 0.435. The van der Waals surface area contributed by atoms with Gasteiger partial charge in [0.1, 0.15) is 5.82 Å². The van der Waals surface area contributed by atoms with Crippen LogP contribution in [0.1, 0.15) is 22.3 Å². The van der Waals surface area contributed by atoms with Gasteiger partial charge in [-0.25, -0.2) is 4.39 Å². The standard InChI is InChI=1S/C25H19ClFNO2S/c1-15-7-8-17(13-16(15)2)22-23(31-20-11-9-19(26)10-12-20)25(30)28(24(22)29)14-18-5-3-4-6-21(18)27/h3-13H,14H2,1-2H3. The third-order valence-corrected chi connectivity index (χ3v) is 6.58. The summed E-state index contributed by atoms with van der Waals surface area (Å²) in [7, 11) is 0. The monoisotopic (exact) mass is 451 g/mol. The summed E-state index contributed by atoms with van der Waals surface area (Å²) >= 11 is 7.20. The number of hydrogen-bond acceptors (Lipinski definition) is 3. The van der Waals surface area contributed by atoms with Gasteiger partial charge in [0.25, 0.3) is 11.8 Å². The molecule has 0 saturated carbocycles. The van der Waals surface area contributed by atoms with Crippen LogP contribution in [0.5, 0.6) is 0 Å². The molecule has 3 nitrogen and oxygen atoms in total. The van der Waals surface area contributed by atoms with Crippen molar-refractivity contribution in [3.05, 3.63) is 105 Å². The van der Waals surface area contributed by atoms with E-state index in [1.54, 1.807) is 42.5 Å². The maximum Gasteiger partial charge on any atom is 0.268 e. The first-order chi connectivity index (χ1) is 14.8. The van der Waals surface area contributed by atoms with Crippen molar-refractivity contribution in [2.75, 3.05) is 0 Å². The van der Waals surface area contributed by atoms with Gasteiger partial charge in [0, 0.05) is 15.5 Å². The minimum Gasteiger partial charge on any atom is -0.269 e. The van der Waals surface area contributed by atoms with Gasteiger partial charge in [0.15, 0.2) is 0 Å². The number of nitrogens with zero attached hydrogens (tertiary/aromatic N) is 1. The third kappa shape index (κ3) is 4.29. The highest BCUT2D eigenvalue weighted by atomic mass is 35.5. The largest absolute Gasteiger partial charge is 0.269 e. The molecule has 0 spiro atoms. The Morgan fingerprint density at radius 2 is 1.61 bits per heavy atom. The van der Waals surface area contributed by atoms with Gasteiger partial charge < -0.3 is 0 Å². The van der Waals surface area contributed by atoms with E-state index >= 15 is 0 Å². The van der Waals surface area contributed by atoms with Crippen molar-refractivity contribution in [1.29, 1.82) is 0 Å². The van der Waals surface area contributed by atoms with Crippen molar-refractivity contribution in [1.82, 2.24) is 4.90 Å². The Morgan fingerprint density at radius 3 is 2.29 bits per heavy atom. The number of halogens is 2. The second-order valence-electron chi connectivity index (χ2n) is 7.35. The van der Waals surface area contributed by atoms with Crippen LogP contribution in [-0.4, -0.2) is 16.7 Å². The molecule has 156 valence electrons. The molecule has 0 aliphatic carbocycles. The number of rotatable bonds is 5. The zero-order chi connectivity index (χ0) is 22.1. The molecule has 31 heavy (non-hydrogen) atoms. The number of carbonyl (C=O) groups excluding carboxylic acids is 2. The van der Waals surface area contributed by atoms with Gasteiger partial charge in [-0.05, 0) is 60.9 Å². The van der Waals surface area contributed by atoms with Gasteiger partial charge in [0.05, 0.1) is 17.0 Å². The van der Waals surface area contributed by atoms with Gasteiger partial charge in [-0.3, -0.25) is 14.5 Å². The zero-order valence-corrected chi connectivity index (χ0v) is 18.6. The Balaban J connectivity index is 1.77. The summed E-state index contributed by atoms with van der Waals surface area (Å²) in [4.78, 5) is 28.9. The minimum absolute atomic E-state index is 0.122. The molecule has 0 N–H and O–H groups in total. The van der Waals surface area contributed by atoms with Crippen molar-refractivity contribution in [2.45, 2.75) is 25.3 Å². The van der Waals surface area contributed by atoms with Crippen molar-refractivity contribution in [2.24, 2.45) is 0 Å². The molecule has 1 aliphatic heterocycles. The van der Waals surface area contributed by atoms with Crippen molar-refractivity contribution in [3.63, 3.8) is 0 Å². The number of amides is 2. The summed E-state index contributed by atoms with van der Waals surface area (Å²) in [5.41, 5.74) is 3.42. The van der Waals surface area contributed by atoms with Crippen molar-refractivity contribution < 1.29 is 14.0 Å². The summed E-state index contributed by atoms with van der Waals surface area (Å²) in [6.45, 7) is 3.83. The summed E-state index contributed by atoms with van der Waals surface area (Å²) < 4.78 is 14.2. The van der Waals surface area contributed by atoms with Crippen molar-refractivity contribution in [3.8, 4) is 0 Å². The normalized spacial score (nSPS) is 14.0. The Labute approximate surface area is 189 Å². The first-order valence-corrected chi connectivity index (χ1v) is 10.9. The van der Waals surface area contributed by atoms with E-state index in [1.165, 1.54) is 17.8 Å². The Bertz CT molecular complexity index is 1220. The topological polar surface area (TPSA) is 37.4 Å². The highest BCUT2D eigenvalue weighted by Gasteiger charge is 2.39. The molecule has 0 bridgehead atoms. The first-order valence-electron chi connectivity index (χ1n) is 9.70. The lowest BCUT2D eigenvalue weighted by atomic mass is 10.0. The third-order valence-electron chi connectivity index (χ3n) is 5.24. The summed E-state index contributed by atoms with van der Waals surface area (Å²) in [6, 6.07) is 18.9. The number of carbonyl (C=O) groups is 2. The highest BCUT2D eigenvalue weighted by molar-refractivity contribution is 8.04. The summed E-state index contributed by atoms with van der Waals surface area (Å²) in [5.74, 6) is -1.30. The molecule has 0 saturated heterocycles. The molecule has 2 amide bonds. The van der Waals surface area contributed by atoms with E-state index in [2.05, 4.69) is 0 Å². The average molecular weight is 452 g/mol. The first kappa shape index (κ1) is 21.3. The van der Waals surface area contributed by atoms with E-state index in [4.69, 9.17) is 11.6 Å². The van der Waals surface area contributed by atoms with Gasteiger partial charge >= 0.3 is 0 Å². The second-order valence-corrected chi connectivity index (χ2v) is 8.87. The predicted octanol–water partition coefficient (Wildman–Crippen LogP) is 6.17. The van der Waals surface area contributed by atoms with E-state index in [-0.39, 0.29) is 6.54 Å². The maximum atomic E-state index is 14.2. The molecule has 6 heteroatoms. The molecule has 0 aromatic heterocycles. The molecular formula is C25H19ClFNO2S. The zero-order valence-electron chi connectivity index (χ0n) is 17.0. The van der Waals surface area contributed by atoms with E-state index < -0.39 is 17.6 Å². The van der Waals surface area contributed by atoms with Crippen LogP contribution < -0.4 is 0 Å². The number of thioether (sulfide) groups is 1. The average Bonchev–Trinajstić information content (AvgIpc) is 2.97. The number of benzene rings is 3. The lowest BCUT2D eigenvalue weighted by molar-refractivity contribution is -0.137. The van der Waals surface area contributed by atoms with Crippen molar-refractivity contribution >= 4 is 40.8 Å². The van der Waals surface area contributed by atoms with Gasteiger partial charge in [-0.15, -0.1) is 0 Å². The van der Waals surface area contributed by atoms with Crippen LogP contribution in [0.4, 0.5) is 4.39 Å². The molecule has 0 radical (unpaired) electrons. The second kappa shape index (κ2) is 8.69. The van der Waals surface area contributed by atoms with Crippen LogP contribution >= 0.6 is 23.4 Å². The van der Waals surface area contributed by atoms with Crippen LogP contribution in [0.25, 0.3) is 5.57 Å². The van der Waals surface area contributed by atoms with Gasteiger partial charge in [-0.2, -0.15) is 0 Å². The van der Waals surface area contributed by atoms with E-state index in [9.17, 15) is 14.0 Å². The van der Waals surface area contributed by atoms with Crippen LogP contribution in [0.15, 0.2) is 76.5 Å². The molecular weight excluding hydrogens is 433 g/mol. The smallest absolute Gasteiger partial charge is 0.268 e. The number of imide groups is 1. The predicted molar refractivity (Wildman–Crippen MR) is 122 cm³/mol. The number of aryl methyl sites for hydroxylation is 2. The molecule has 0 unspecified atom stereocenters. The molecule has 0 fully saturated rings. The van der Waals surface area contributed by atoms with E-state index in [0.717, 1.165) is 20.9 Å². The molecule has 3 aromatic rings. The van der Waals surface area contributed by atoms with Crippen LogP contribution in [0.3, 0.4) is 0 Å².